The van der Waals surface area contributed by atoms with Crippen LogP contribution in [-0.4, -0.2) is 41.4 Å². The molecule has 3 aromatic rings. The highest BCUT2D eigenvalue weighted by molar-refractivity contribution is 5.97. The number of hydrogen-bond acceptors (Lipinski definition) is 5. The van der Waals surface area contributed by atoms with Gasteiger partial charge in [-0.1, -0.05) is 24.3 Å². The highest BCUT2D eigenvalue weighted by Gasteiger charge is 2.28. The van der Waals surface area contributed by atoms with Gasteiger partial charge in [-0.05, 0) is 37.1 Å². The maximum absolute atomic E-state index is 12.9. The predicted molar refractivity (Wildman–Crippen MR) is 103 cm³/mol. The van der Waals surface area contributed by atoms with E-state index < -0.39 is 5.91 Å². The predicted octanol–water partition coefficient (Wildman–Crippen LogP) is 2.71. The van der Waals surface area contributed by atoms with E-state index in [0.717, 1.165) is 29.8 Å². The molecule has 0 unspecified atom stereocenters. The number of likely N-dealkylation sites (tertiary alicyclic amines) is 1. The lowest BCUT2D eigenvalue weighted by atomic mass is 9.96. The Bertz CT molecular complexity index is 973. The second-order valence-electron chi connectivity index (χ2n) is 6.84. The fourth-order valence-corrected chi connectivity index (χ4v) is 3.48. The summed E-state index contributed by atoms with van der Waals surface area (Å²) in [5.74, 6) is 0.598. The number of carbonyl (C=O) groups excluding carboxylic acids is 2. The molecule has 1 saturated heterocycles. The average molecular weight is 379 g/mol. The Morgan fingerprint density at radius 1 is 1.11 bits per heavy atom. The number of hydrogen-bond donors (Lipinski definition) is 1. The molecule has 2 aromatic carbocycles. The number of carbonyl (C=O) groups is 2. The van der Waals surface area contributed by atoms with E-state index in [1.807, 2.05) is 24.3 Å². The van der Waals surface area contributed by atoms with Crippen molar-refractivity contribution in [3.05, 3.63) is 60.0 Å². The van der Waals surface area contributed by atoms with Gasteiger partial charge >= 0.3 is 0 Å². The van der Waals surface area contributed by atoms with E-state index in [2.05, 4.69) is 4.98 Å². The van der Waals surface area contributed by atoms with E-state index in [1.54, 1.807) is 29.2 Å². The van der Waals surface area contributed by atoms with Crippen LogP contribution in [0, 0.1) is 0 Å². The molecule has 0 atom stereocenters. The van der Waals surface area contributed by atoms with Gasteiger partial charge in [0.05, 0.1) is 5.56 Å². The normalized spacial score (nSPS) is 14.9. The van der Waals surface area contributed by atoms with Crippen LogP contribution in [0.2, 0.25) is 0 Å². The molecular formula is C21H21N3O4. The summed E-state index contributed by atoms with van der Waals surface area (Å²) in [6.45, 7) is 0.947. The number of amides is 2. The number of ether oxygens (including phenoxy) is 1. The van der Waals surface area contributed by atoms with Crippen LogP contribution >= 0.6 is 0 Å². The van der Waals surface area contributed by atoms with Crippen LogP contribution in [0.15, 0.2) is 52.9 Å². The molecule has 0 spiro atoms. The zero-order valence-corrected chi connectivity index (χ0v) is 15.3. The molecule has 2 amide bonds. The third-order valence-corrected chi connectivity index (χ3v) is 4.93. The maximum Gasteiger partial charge on any atom is 0.257 e. The second-order valence-corrected chi connectivity index (χ2v) is 6.84. The van der Waals surface area contributed by atoms with Gasteiger partial charge in [-0.15, -0.1) is 0 Å². The fourth-order valence-electron chi connectivity index (χ4n) is 3.48. The molecule has 7 nitrogen and oxygen atoms in total. The van der Waals surface area contributed by atoms with Gasteiger partial charge in [0.1, 0.15) is 11.3 Å². The summed E-state index contributed by atoms with van der Waals surface area (Å²) in [5, 5.41) is 0. The van der Waals surface area contributed by atoms with Crippen LogP contribution in [0.1, 0.15) is 35.0 Å². The third-order valence-electron chi connectivity index (χ3n) is 4.93. The first kappa shape index (κ1) is 18.0. The van der Waals surface area contributed by atoms with Crippen LogP contribution in [0.5, 0.6) is 5.75 Å². The zero-order chi connectivity index (χ0) is 19.5. The molecule has 0 saturated carbocycles. The van der Waals surface area contributed by atoms with Crippen molar-refractivity contribution in [2.45, 2.75) is 18.8 Å². The van der Waals surface area contributed by atoms with Crippen molar-refractivity contribution in [1.29, 1.82) is 0 Å². The number of rotatable bonds is 5. The number of nitrogens with two attached hydrogens (primary N) is 1. The van der Waals surface area contributed by atoms with E-state index in [4.69, 9.17) is 14.9 Å². The number of para-hydroxylation sites is 3. The smallest absolute Gasteiger partial charge is 0.257 e. The van der Waals surface area contributed by atoms with Crippen molar-refractivity contribution in [2.75, 3.05) is 19.7 Å². The Morgan fingerprint density at radius 2 is 1.82 bits per heavy atom. The molecule has 1 aromatic heterocycles. The van der Waals surface area contributed by atoms with E-state index >= 15 is 0 Å². The van der Waals surface area contributed by atoms with E-state index in [0.29, 0.717) is 24.4 Å². The van der Waals surface area contributed by atoms with Crippen molar-refractivity contribution in [1.82, 2.24) is 9.88 Å². The standard InChI is InChI=1S/C21H21N3O4/c22-19(25)13-27-17-7-3-1-5-15(17)21(26)24-11-9-14(10-12-24)20-23-16-6-2-4-8-18(16)28-20/h1-8,14H,9-13H2,(H2,22,25). The molecule has 0 radical (unpaired) electrons. The molecule has 28 heavy (non-hydrogen) atoms. The summed E-state index contributed by atoms with van der Waals surface area (Å²) < 4.78 is 11.3. The molecule has 1 fully saturated rings. The van der Waals surface area contributed by atoms with Crippen LogP contribution in [-0.2, 0) is 4.79 Å². The minimum absolute atomic E-state index is 0.115. The van der Waals surface area contributed by atoms with E-state index in [9.17, 15) is 9.59 Å². The third kappa shape index (κ3) is 3.69. The van der Waals surface area contributed by atoms with Crippen LogP contribution < -0.4 is 10.5 Å². The minimum atomic E-state index is -0.582. The molecule has 144 valence electrons. The van der Waals surface area contributed by atoms with Gasteiger partial charge < -0.3 is 19.8 Å². The lowest BCUT2D eigenvalue weighted by Crippen LogP contribution is -2.38. The first-order valence-corrected chi connectivity index (χ1v) is 9.26. The van der Waals surface area contributed by atoms with Gasteiger partial charge in [0.2, 0.25) is 0 Å². The molecule has 0 aliphatic carbocycles. The van der Waals surface area contributed by atoms with E-state index in [-0.39, 0.29) is 18.4 Å². The Hall–Kier alpha value is -3.35. The monoisotopic (exact) mass is 379 g/mol. The van der Waals surface area contributed by atoms with Crippen LogP contribution in [0.4, 0.5) is 0 Å². The summed E-state index contributed by atoms with van der Waals surface area (Å²) in [4.78, 5) is 30.3. The zero-order valence-electron chi connectivity index (χ0n) is 15.3. The quantitative estimate of drug-likeness (QED) is 0.735. The summed E-state index contributed by atoms with van der Waals surface area (Å²) in [6, 6.07) is 14.6. The number of nitrogens with zero attached hydrogens (tertiary/aromatic N) is 2. The SMILES string of the molecule is NC(=O)COc1ccccc1C(=O)N1CCC(c2nc3ccccc3o2)CC1. The highest BCUT2D eigenvalue weighted by atomic mass is 16.5. The van der Waals surface area contributed by atoms with Gasteiger partial charge in [-0.2, -0.15) is 0 Å². The van der Waals surface area contributed by atoms with Gasteiger partial charge in [0, 0.05) is 19.0 Å². The largest absolute Gasteiger partial charge is 0.483 e. The second kappa shape index (κ2) is 7.72. The summed E-state index contributed by atoms with van der Waals surface area (Å²) in [5.41, 5.74) is 7.21. The van der Waals surface area contributed by atoms with Crippen molar-refractivity contribution in [3.63, 3.8) is 0 Å². The lowest BCUT2D eigenvalue weighted by molar-refractivity contribution is -0.119. The van der Waals surface area contributed by atoms with Gasteiger partial charge in [0.15, 0.2) is 18.1 Å². The summed E-state index contributed by atoms with van der Waals surface area (Å²) in [6.07, 6.45) is 1.56. The van der Waals surface area contributed by atoms with Crippen molar-refractivity contribution in [3.8, 4) is 5.75 Å². The molecule has 2 N–H and O–H groups in total. The summed E-state index contributed by atoms with van der Waals surface area (Å²) >= 11 is 0. The Morgan fingerprint density at radius 3 is 2.57 bits per heavy atom. The number of benzene rings is 2. The van der Waals surface area contributed by atoms with Gasteiger partial charge in [-0.3, -0.25) is 9.59 Å². The molecule has 2 heterocycles. The van der Waals surface area contributed by atoms with Crippen LogP contribution in [0.3, 0.4) is 0 Å². The first-order chi connectivity index (χ1) is 13.6. The van der Waals surface area contributed by atoms with Crippen molar-refractivity contribution in [2.24, 2.45) is 5.73 Å². The molecule has 7 heteroatoms. The molecular weight excluding hydrogens is 358 g/mol. The number of primary amides is 1. The molecule has 1 aliphatic heterocycles. The fraction of sp³-hybridized carbons (Fsp3) is 0.286. The topological polar surface area (TPSA) is 98.7 Å². The van der Waals surface area contributed by atoms with Crippen molar-refractivity contribution >= 4 is 22.9 Å². The number of aromatic nitrogens is 1. The molecule has 4 rings (SSSR count). The van der Waals surface area contributed by atoms with Crippen LogP contribution in [0.25, 0.3) is 11.1 Å². The Kier molecular flexibility index (Phi) is 4.97. The molecule has 0 bridgehead atoms. The lowest BCUT2D eigenvalue weighted by Gasteiger charge is -2.31. The number of oxazole rings is 1. The van der Waals surface area contributed by atoms with Crippen molar-refractivity contribution < 1.29 is 18.7 Å². The minimum Gasteiger partial charge on any atom is -0.483 e. The molecule has 1 aliphatic rings. The first-order valence-electron chi connectivity index (χ1n) is 9.26. The Labute approximate surface area is 162 Å². The number of fused-ring (bicyclic) bond motifs is 1. The van der Waals surface area contributed by atoms with E-state index in [1.165, 1.54) is 0 Å². The maximum atomic E-state index is 12.9. The highest BCUT2D eigenvalue weighted by Crippen LogP contribution is 2.31. The van der Waals surface area contributed by atoms with Gasteiger partial charge in [-0.25, -0.2) is 4.98 Å². The number of piperidine rings is 1. The van der Waals surface area contributed by atoms with Gasteiger partial charge in [0.25, 0.3) is 11.8 Å². The average Bonchev–Trinajstić information content (AvgIpc) is 3.16. The Balaban J connectivity index is 1.43. The summed E-state index contributed by atoms with van der Waals surface area (Å²) in [7, 11) is 0.